The summed E-state index contributed by atoms with van der Waals surface area (Å²) in [6.45, 7) is 6.53. The molecule has 1 unspecified atom stereocenters. The highest BCUT2D eigenvalue weighted by Gasteiger charge is 2.21. The van der Waals surface area contributed by atoms with Crippen LogP contribution in [0.3, 0.4) is 0 Å². The highest BCUT2D eigenvalue weighted by molar-refractivity contribution is 5.99. The SMILES string of the molecule is CCN(CC1CCCO1)c1nc(C)ccc1C(=N)N. The molecule has 1 aliphatic rings. The zero-order valence-electron chi connectivity index (χ0n) is 11.6. The van der Waals surface area contributed by atoms with Gasteiger partial charge >= 0.3 is 0 Å². The number of ether oxygens (including phenoxy) is 1. The normalized spacial score (nSPS) is 18.5. The lowest BCUT2D eigenvalue weighted by atomic mass is 10.1. The van der Waals surface area contributed by atoms with Crippen LogP contribution in [0.5, 0.6) is 0 Å². The summed E-state index contributed by atoms with van der Waals surface area (Å²) < 4.78 is 5.68. The Hall–Kier alpha value is -1.62. The number of rotatable bonds is 5. The number of pyridine rings is 1. The van der Waals surface area contributed by atoms with E-state index in [1.807, 2.05) is 19.1 Å². The van der Waals surface area contributed by atoms with E-state index in [-0.39, 0.29) is 11.9 Å². The Morgan fingerprint density at radius 1 is 1.58 bits per heavy atom. The average Bonchev–Trinajstić information content (AvgIpc) is 2.88. The molecule has 5 nitrogen and oxygen atoms in total. The van der Waals surface area contributed by atoms with Crippen LogP contribution in [0.25, 0.3) is 0 Å². The van der Waals surface area contributed by atoms with E-state index in [1.165, 1.54) is 0 Å². The van der Waals surface area contributed by atoms with Crippen molar-refractivity contribution in [3.8, 4) is 0 Å². The zero-order valence-corrected chi connectivity index (χ0v) is 11.6. The zero-order chi connectivity index (χ0) is 13.8. The van der Waals surface area contributed by atoms with Gasteiger partial charge in [0, 0.05) is 25.4 Å². The third-order valence-electron chi connectivity index (χ3n) is 3.43. The van der Waals surface area contributed by atoms with Crippen molar-refractivity contribution in [1.29, 1.82) is 5.41 Å². The molecule has 0 aliphatic carbocycles. The van der Waals surface area contributed by atoms with Crippen molar-refractivity contribution in [3.63, 3.8) is 0 Å². The van der Waals surface area contributed by atoms with Crippen LogP contribution in [0.15, 0.2) is 12.1 Å². The first-order valence-electron chi connectivity index (χ1n) is 6.80. The Kier molecular flexibility index (Phi) is 4.37. The van der Waals surface area contributed by atoms with Crippen molar-refractivity contribution in [2.75, 3.05) is 24.6 Å². The van der Waals surface area contributed by atoms with Crippen LogP contribution in [-0.2, 0) is 4.74 Å². The summed E-state index contributed by atoms with van der Waals surface area (Å²) >= 11 is 0. The fourth-order valence-electron chi connectivity index (χ4n) is 2.39. The third kappa shape index (κ3) is 3.23. The van der Waals surface area contributed by atoms with Gasteiger partial charge in [0.05, 0.1) is 11.7 Å². The van der Waals surface area contributed by atoms with Crippen LogP contribution in [0.1, 0.15) is 31.0 Å². The van der Waals surface area contributed by atoms with Gasteiger partial charge in [-0.15, -0.1) is 0 Å². The molecule has 1 aromatic rings. The van der Waals surface area contributed by atoms with Crippen LogP contribution in [0.4, 0.5) is 5.82 Å². The monoisotopic (exact) mass is 262 g/mol. The Bertz CT molecular complexity index is 455. The number of aromatic nitrogens is 1. The first kappa shape index (κ1) is 13.8. The summed E-state index contributed by atoms with van der Waals surface area (Å²) in [6, 6.07) is 3.76. The molecule has 19 heavy (non-hydrogen) atoms. The molecule has 1 aromatic heterocycles. The smallest absolute Gasteiger partial charge is 0.139 e. The van der Waals surface area contributed by atoms with Gasteiger partial charge in [-0.25, -0.2) is 4.98 Å². The van der Waals surface area contributed by atoms with E-state index < -0.39 is 0 Å². The molecule has 5 heteroatoms. The molecule has 1 fully saturated rings. The minimum atomic E-state index is 0.0632. The molecule has 1 atom stereocenters. The van der Waals surface area contributed by atoms with Gasteiger partial charge in [0.25, 0.3) is 0 Å². The predicted molar refractivity (Wildman–Crippen MR) is 76.9 cm³/mol. The quantitative estimate of drug-likeness (QED) is 0.625. The van der Waals surface area contributed by atoms with Crippen LogP contribution in [-0.4, -0.2) is 36.6 Å². The summed E-state index contributed by atoms with van der Waals surface area (Å²) in [5, 5.41) is 7.68. The van der Waals surface area contributed by atoms with Crippen molar-refractivity contribution < 1.29 is 4.74 Å². The second-order valence-electron chi connectivity index (χ2n) is 4.91. The second kappa shape index (κ2) is 6.02. The van der Waals surface area contributed by atoms with Gasteiger partial charge in [0.15, 0.2) is 0 Å². The van der Waals surface area contributed by atoms with Crippen molar-refractivity contribution in [3.05, 3.63) is 23.4 Å². The van der Waals surface area contributed by atoms with Crippen molar-refractivity contribution in [2.24, 2.45) is 5.73 Å². The van der Waals surface area contributed by atoms with Gasteiger partial charge in [-0.05, 0) is 38.8 Å². The van der Waals surface area contributed by atoms with E-state index in [0.29, 0.717) is 5.56 Å². The number of nitrogens with zero attached hydrogens (tertiary/aromatic N) is 2. The van der Waals surface area contributed by atoms with Gasteiger partial charge < -0.3 is 15.4 Å². The van der Waals surface area contributed by atoms with Crippen LogP contribution in [0, 0.1) is 12.3 Å². The van der Waals surface area contributed by atoms with Gasteiger partial charge in [-0.2, -0.15) is 0 Å². The number of nitrogens with two attached hydrogens (primary N) is 1. The molecule has 2 rings (SSSR count). The van der Waals surface area contributed by atoms with E-state index in [9.17, 15) is 0 Å². The minimum absolute atomic E-state index is 0.0632. The Labute approximate surface area is 114 Å². The van der Waals surface area contributed by atoms with Gasteiger partial charge in [-0.1, -0.05) is 0 Å². The molecule has 0 aromatic carbocycles. The molecule has 0 radical (unpaired) electrons. The maximum atomic E-state index is 7.68. The first-order chi connectivity index (χ1) is 9.11. The molecule has 3 N–H and O–H groups in total. The largest absolute Gasteiger partial charge is 0.384 e. The van der Waals surface area contributed by atoms with Gasteiger partial charge in [-0.3, -0.25) is 5.41 Å². The standard InChI is InChI=1S/C14H22N4O/c1-3-18(9-11-5-4-8-19-11)14-12(13(15)16)7-6-10(2)17-14/h6-7,11H,3-5,8-9H2,1-2H3,(H3,15,16). The minimum Gasteiger partial charge on any atom is -0.384 e. The lowest BCUT2D eigenvalue weighted by Crippen LogP contribution is -2.34. The summed E-state index contributed by atoms with van der Waals surface area (Å²) in [6.07, 6.45) is 2.49. The Balaban J connectivity index is 2.25. The molecule has 1 aliphatic heterocycles. The number of hydrogen-bond acceptors (Lipinski definition) is 4. The summed E-state index contributed by atoms with van der Waals surface area (Å²) in [4.78, 5) is 6.71. The topological polar surface area (TPSA) is 75.2 Å². The molecular formula is C14H22N4O. The van der Waals surface area contributed by atoms with Crippen molar-refractivity contribution in [2.45, 2.75) is 32.8 Å². The highest BCUT2D eigenvalue weighted by atomic mass is 16.5. The molecule has 0 spiro atoms. The molecule has 2 heterocycles. The average molecular weight is 262 g/mol. The molecular weight excluding hydrogens is 240 g/mol. The molecule has 0 saturated carbocycles. The summed E-state index contributed by atoms with van der Waals surface area (Å²) in [5.41, 5.74) is 7.29. The number of likely N-dealkylation sites (N-methyl/N-ethyl adjacent to an activating group) is 1. The molecule has 0 amide bonds. The predicted octanol–water partition coefficient (Wildman–Crippen LogP) is 1.68. The van der Waals surface area contributed by atoms with E-state index in [2.05, 4.69) is 16.8 Å². The molecule has 104 valence electrons. The van der Waals surface area contributed by atoms with Crippen LogP contribution < -0.4 is 10.6 Å². The summed E-state index contributed by atoms with van der Waals surface area (Å²) in [7, 11) is 0. The number of anilines is 1. The maximum Gasteiger partial charge on any atom is 0.139 e. The number of nitrogen functional groups attached to an aromatic ring is 1. The molecule has 0 bridgehead atoms. The maximum absolute atomic E-state index is 7.68. The van der Waals surface area contributed by atoms with E-state index >= 15 is 0 Å². The Morgan fingerprint density at radius 3 is 2.95 bits per heavy atom. The van der Waals surface area contributed by atoms with Crippen LogP contribution in [0.2, 0.25) is 0 Å². The van der Waals surface area contributed by atoms with E-state index in [4.69, 9.17) is 15.9 Å². The fourth-order valence-corrected chi connectivity index (χ4v) is 2.39. The lowest BCUT2D eigenvalue weighted by Gasteiger charge is -2.27. The number of hydrogen-bond donors (Lipinski definition) is 2. The third-order valence-corrected chi connectivity index (χ3v) is 3.43. The van der Waals surface area contributed by atoms with E-state index in [0.717, 1.165) is 44.0 Å². The van der Waals surface area contributed by atoms with Crippen molar-refractivity contribution in [1.82, 2.24) is 4.98 Å². The van der Waals surface area contributed by atoms with Gasteiger partial charge in [0.1, 0.15) is 11.7 Å². The number of amidine groups is 1. The second-order valence-corrected chi connectivity index (χ2v) is 4.91. The summed E-state index contributed by atoms with van der Waals surface area (Å²) in [5.74, 6) is 0.860. The van der Waals surface area contributed by atoms with Crippen molar-refractivity contribution >= 4 is 11.7 Å². The van der Waals surface area contributed by atoms with Gasteiger partial charge in [0.2, 0.25) is 0 Å². The molecule has 1 saturated heterocycles. The highest BCUT2D eigenvalue weighted by Crippen LogP contribution is 2.21. The Morgan fingerprint density at radius 2 is 2.37 bits per heavy atom. The lowest BCUT2D eigenvalue weighted by molar-refractivity contribution is 0.115. The van der Waals surface area contributed by atoms with E-state index in [1.54, 1.807) is 0 Å². The number of nitrogens with one attached hydrogen (secondary N) is 1. The van der Waals surface area contributed by atoms with Crippen LogP contribution >= 0.6 is 0 Å². The fraction of sp³-hybridized carbons (Fsp3) is 0.571. The number of aryl methyl sites for hydroxylation is 1. The first-order valence-corrected chi connectivity index (χ1v) is 6.80.